The predicted molar refractivity (Wildman–Crippen MR) is 111 cm³/mol. The summed E-state index contributed by atoms with van der Waals surface area (Å²) in [6, 6.07) is 10.1. The summed E-state index contributed by atoms with van der Waals surface area (Å²) in [5.74, 6) is 0.241. The molecule has 0 heterocycles. The van der Waals surface area contributed by atoms with Crippen molar-refractivity contribution in [1.29, 1.82) is 0 Å². The molecule has 140 valence electrons. The SMILES string of the molecule is C=CCCC1CCC(c2ccc(-c3cc(F)c(N=C=S)cc3F)cc2)CC1. The number of aliphatic imine (C=N–C) groups is 1. The minimum atomic E-state index is -0.606. The maximum absolute atomic E-state index is 14.3. The fourth-order valence-electron chi connectivity index (χ4n) is 3.97. The topological polar surface area (TPSA) is 12.4 Å². The summed E-state index contributed by atoms with van der Waals surface area (Å²) in [6.45, 7) is 3.80. The van der Waals surface area contributed by atoms with Crippen molar-refractivity contribution < 1.29 is 8.78 Å². The van der Waals surface area contributed by atoms with Crippen molar-refractivity contribution in [2.24, 2.45) is 10.9 Å². The van der Waals surface area contributed by atoms with Gasteiger partial charge in [0.15, 0.2) is 0 Å². The van der Waals surface area contributed by atoms with Gasteiger partial charge < -0.3 is 0 Å². The van der Waals surface area contributed by atoms with Gasteiger partial charge in [0.1, 0.15) is 17.3 Å². The van der Waals surface area contributed by atoms with E-state index in [1.54, 1.807) is 0 Å². The minimum absolute atomic E-state index is 0.129. The van der Waals surface area contributed by atoms with Gasteiger partial charge in [0.05, 0.1) is 5.16 Å². The van der Waals surface area contributed by atoms with Crippen molar-refractivity contribution in [3.05, 3.63) is 66.3 Å². The molecule has 1 nitrogen and oxygen atoms in total. The lowest BCUT2D eigenvalue weighted by Crippen LogP contribution is -2.13. The summed E-state index contributed by atoms with van der Waals surface area (Å²) in [7, 11) is 0. The maximum Gasteiger partial charge on any atom is 0.150 e. The third-order valence-corrected chi connectivity index (χ3v) is 5.61. The smallest absolute Gasteiger partial charge is 0.150 e. The van der Waals surface area contributed by atoms with E-state index < -0.39 is 11.6 Å². The first kappa shape index (κ1) is 19.6. The average Bonchev–Trinajstić information content (AvgIpc) is 2.70. The standard InChI is InChI=1S/C23H23F2NS/c1-2-3-4-16-5-7-17(8-6-16)18-9-11-19(12-10-18)20-13-22(25)23(26-15-27)14-21(20)24/h2,9-14,16-17H,1,3-8H2. The Balaban J connectivity index is 1.72. The second-order valence-corrected chi connectivity index (χ2v) is 7.37. The Morgan fingerprint density at radius 2 is 1.78 bits per heavy atom. The lowest BCUT2D eigenvalue weighted by atomic mass is 9.77. The van der Waals surface area contributed by atoms with E-state index in [0.717, 1.165) is 18.4 Å². The number of halogens is 2. The van der Waals surface area contributed by atoms with Gasteiger partial charge in [-0.25, -0.2) is 8.78 Å². The lowest BCUT2D eigenvalue weighted by molar-refractivity contribution is 0.312. The van der Waals surface area contributed by atoms with Crippen molar-refractivity contribution >= 4 is 23.1 Å². The van der Waals surface area contributed by atoms with Crippen molar-refractivity contribution in [3.63, 3.8) is 0 Å². The zero-order valence-electron chi connectivity index (χ0n) is 15.3. The molecule has 0 radical (unpaired) electrons. The van der Waals surface area contributed by atoms with Crippen molar-refractivity contribution in [2.75, 3.05) is 0 Å². The molecule has 0 N–H and O–H groups in total. The maximum atomic E-state index is 14.3. The zero-order valence-corrected chi connectivity index (χ0v) is 16.1. The van der Waals surface area contributed by atoms with Crippen LogP contribution in [-0.2, 0) is 0 Å². The van der Waals surface area contributed by atoms with Gasteiger partial charge in [-0.15, -0.1) is 6.58 Å². The van der Waals surface area contributed by atoms with Gasteiger partial charge in [-0.05, 0) is 79.8 Å². The van der Waals surface area contributed by atoms with E-state index >= 15 is 0 Å². The molecule has 0 aliphatic heterocycles. The van der Waals surface area contributed by atoms with E-state index in [1.807, 2.05) is 30.3 Å². The molecule has 1 aliphatic carbocycles. The molecule has 2 aromatic rings. The highest BCUT2D eigenvalue weighted by molar-refractivity contribution is 7.78. The van der Waals surface area contributed by atoms with Gasteiger partial charge in [-0.3, -0.25) is 0 Å². The molecule has 3 rings (SSSR count). The van der Waals surface area contributed by atoms with Crippen LogP contribution in [0, 0.1) is 17.6 Å². The average molecular weight is 384 g/mol. The Morgan fingerprint density at radius 1 is 1.07 bits per heavy atom. The Morgan fingerprint density at radius 3 is 2.41 bits per heavy atom. The van der Waals surface area contributed by atoms with E-state index in [2.05, 4.69) is 29.0 Å². The first-order valence-electron chi connectivity index (χ1n) is 9.40. The van der Waals surface area contributed by atoms with Crippen LogP contribution in [0.5, 0.6) is 0 Å². The number of nitrogens with zero attached hydrogens (tertiary/aromatic N) is 1. The van der Waals surface area contributed by atoms with E-state index in [0.29, 0.717) is 11.5 Å². The van der Waals surface area contributed by atoms with Crippen LogP contribution in [0.15, 0.2) is 54.0 Å². The quantitative estimate of drug-likeness (QED) is 0.284. The van der Waals surface area contributed by atoms with Gasteiger partial charge in [-0.2, -0.15) is 4.99 Å². The Bertz CT molecular complexity index is 845. The van der Waals surface area contributed by atoms with Crippen LogP contribution >= 0.6 is 12.2 Å². The van der Waals surface area contributed by atoms with Crippen LogP contribution in [-0.4, -0.2) is 5.16 Å². The molecule has 2 aromatic carbocycles. The fourth-order valence-corrected chi connectivity index (χ4v) is 4.06. The third-order valence-electron chi connectivity index (χ3n) is 5.52. The van der Waals surface area contributed by atoms with E-state index in [-0.39, 0.29) is 11.3 Å². The van der Waals surface area contributed by atoms with Crippen molar-refractivity contribution in [1.82, 2.24) is 0 Å². The molecule has 1 fully saturated rings. The van der Waals surface area contributed by atoms with E-state index in [4.69, 9.17) is 0 Å². The largest absolute Gasteiger partial charge is 0.206 e. The first-order valence-corrected chi connectivity index (χ1v) is 9.81. The minimum Gasteiger partial charge on any atom is -0.206 e. The zero-order chi connectivity index (χ0) is 19.2. The van der Waals surface area contributed by atoms with Crippen LogP contribution in [0.4, 0.5) is 14.5 Å². The number of thiocarbonyl (C=S) groups is 1. The molecule has 0 aromatic heterocycles. The lowest BCUT2D eigenvalue weighted by Gasteiger charge is -2.28. The Kier molecular flexibility index (Phi) is 6.65. The second-order valence-electron chi connectivity index (χ2n) is 7.19. The van der Waals surface area contributed by atoms with Crippen molar-refractivity contribution in [3.8, 4) is 11.1 Å². The number of hydrogen-bond donors (Lipinski definition) is 0. The Labute approximate surface area is 164 Å². The molecular formula is C23H23F2NS. The Hall–Kier alpha value is -2.16. The fraction of sp³-hybridized carbons (Fsp3) is 0.348. The third kappa shape index (κ3) is 4.77. The predicted octanol–water partition coefficient (Wildman–Crippen LogP) is 7.61. The number of rotatable bonds is 6. The molecule has 1 saturated carbocycles. The number of hydrogen-bond acceptors (Lipinski definition) is 2. The highest BCUT2D eigenvalue weighted by Gasteiger charge is 2.22. The van der Waals surface area contributed by atoms with E-state index in [1.165, 1.54) is 43.7 Å². The van der Waals surface area contributed by atoms with E-state index in [9.17, 15) is 8.78 Å². The molecule has 4 heteroatoms. The molecule has 0 saturated heterocycles. The van der Waals surface area contributed by atoms with Crippen LogP contribution < -0.4 is 0 Å². The molecule has 0 spiro atoms. The van der Waals surface area contributed by atoms with Crippen LogP contribution in [0.1, 0.15) is 50.0 Å². The molecule has 1 aliphatic rings. The van der Waals surface area contributed by atoms with Gasteiger partial charge in [-0.1, -0.05) is 30.3 Å². The first-order chi connectivity index (χ1) is 13.1. The molecule has 0 amide bonds. The van der Waals surface area contributed by atoms with Gasteiger partial charge >= 0.3 is 0 Å². The van der Waals surface area contributed by atoms with Crippen LogP contribution in [0.25, 0.3) is 11.1 Å². The summed E-state index contributed by atoms with van der Waals surface area (Å²) in [5, 5.41) is 2.07. The highest BCUT2D eigenvalue weighted by Crippen LogP contribution is 2.38. The summed E-state index contributed by atoms with van der Waals surface area (Å²) in [5.41, 5.74) is 2.04. The number of isothiocyanates is 1. The van der Waals surface area contributed by atoms with Crippen LogP contribution in [0.3, 0.4) is 0 Å². The van der Waals surface area contributed by atoms with Gasteiger partial charge in [0.2, 0.25) is 0 Å². The van der Waals surface area contributed by atoms with Crippen LogP contribution in [0.2, 0.25) is 0 Å². The summed E-state index contributed by atoms with van der Waals surface area (Å²) in [4.78, 5) is 3.55. The molecule has 27 heavy (non-hydrogen) atoms. The molecule has 0 unspecified atom stereocenters. The molecule has 0 bridgehead atoms. The highest BCUT2D eigenvalue weighted by atomic mass is 32.1. The number of benzene rings is 2. The van der Waals surface area contributed by atoms with Gasteiger partial charge in [0.25, 0.3) is 0 Å². The van der Waals surface area contributed by atoms with Crippen molar-refractivity contribution in [2.45, 2.75) is 44.4 Å². The summed E-state index contributed by atoms with van der Waals surface area (Å²) >= 11 is 4.46. The molecular weight excluding hydrogens is 360 g/mol. The van der Waals surface area contributed by atoms with Gasteiger partial charge in [0, 0.05) is 11.6 Å². The number of allylic oxidation sites excluding steroid dienone is 1. The summed E-state index contributed by atoms with van der Waals surface area (Å²) in [6.07, 6.45) is 9.22. The summed E-state index contributed by atoms with van der Waals surface area (Å²) < 4.78 is 28.4. The second kappa shape index (κ2) is 9.16. The normalized spacial score (nSPS) is 19.3. The monoisotopic (exact) mass is 383 g/mol. The molecule has 0 atom stereocenters.